The Bertz CT molecular complexity index is 759. The molecule has 1 saturated heterocycles. The maximum absolute atomic E-state index is 12.7. The van der Waals surface area contributed by atoms with Crippen LogP contribution in [0.5, 0.6) is 0 Å². The first kappa shape index (κ1) is 21.3. The molecule has 1 fully saturated rings. The number of sulfonamides is 1. The van der Waals surface area contributed by atoms with Crippen molar-refractivity contribution in [2.45, 2.75) is 24.3 Å². The number of hydrogen-bond donors (Lipinski definition) is 1. The fourth-order valence-corrected chi connectivity index (χ4v) is 4.08. The van der Waals surface area contributed by atoms with E-state index in [-0.39, 0.29) is 16.3 Å². The molecule has 0 radical (unpaired) electrons. The van der Waals surface area contributed by atoms with E-state index < -0.39 is 10.0 Å². The summed E-state index contributed by atoms with van der Waals surface area (Å²) in [5, 5.41) is 2.93. The first-order chi connectivity index (χ1) is 12.1. The Morgan fingerprint density at radius 2 is 1.92 bits per heavy atom. The lowest BCUT2D eigenvalue weighted by Gasteiger charge is -2.40. The standard InChI is InChI=1S/C17H26BrN3O4S/c1-17(2,21-7-9-25-10-8-21)12-19-16(22)14-11-13(5-6-15(14)18)26(23,24)20(3)4/h5-6,11H,7-10,12H2,1-4H3,(H,19,22). The van der Waals surface area contributed by atoms with Crippen LogP contribution in [-0.2, 0) is 14.8 Å². The van der Waals surface area contributed by atoms with Gasteiger partial charge in [0, 0.05) is 43.7 Å². The average Bonchev–Trinajstić information content (AvgIpc) is 2.60. The van der Waals surface area contributed by atoms with Crippen molar-refractivity contribution in [3.05, 3.63) is 28.2 Å². The zero-order valence-corrected chi connectivity index (χ0v) is 18.0. The number of halogens is 1. The Morgan fingerprint density at radius 3 is 2.50 bits per heavy atom. The lowest BCUT2D eigenvalue weighted by atomic mass is 10.0. The normalized spacial score (nSPS) is 16.7. The lowest BCUT2D eigenvalue weighted by molar-refractivity contribution is -0.00923. The smallest absolute Gasteiger partial charge is 0.252 e. The van der Waals surface area contributed by atoms with Gasteiger partial charge in [-0.05, 0) is 48.0 Å². The van der Waals surface area contributed by atoms with E-state index in [0.717, 1.165) is 17.4 Å². The molecule has 1 amide bonds. The highest BCUT2D eigenvalue weighted by Gasteiger charge is 2.29. The maximum Gasteiger partial charge on any atom is 0.252 e. The molecule has 0 aromatic heterocycles. The summed E-state index contributed by atoms with van der Waals surface area (Å²) in [7, 11) is -0.679. The Morgan fingerprint density at radius 1 is 1.31 bits per heavy atom. The monoisotopic (exact) mass is 447 g/mol. The molecule has 9 heteroatoms. The predicted octanol–water partition coefficient (Wildman–Crippen LogP) is 1.54. The number of morpholine rings is 1. The molecular weight excluding hydrogens is 422 g/mol. The van der Waals surface area contributed by atoms with Gasteiger partial charge in [-0.15, -0.1) is 0 Å². The molecule has 2 rings (SSSR count). The van der Waals surface area contributed by atoms with Crippen molar-refractivity contribution in [1.29, 1.82) is 0 Å². The molecular formula is C17H26BrN3O4S. The van der Waals surface area contributed by atoms with Crippen molar-refractivity contribution in [3.8, 4) is 0 Å². The van der Waals surface area contributed by atoms with E-state index in [0.29, 0.717) is 29.8 Å². The minimum atomic E-state index is -3.60. The van der Waals surface area contributed by atoms with Crippen molar-refractivity contribution in [2.24, 2.45) is 0 Å². The number of nitrogens with zero attached hydrogens (tertiary/aromatic N) is 2. The summed E-state index contributed by atoms with van der Waals surface area (Å²) in [4.78, 5) is 15.0. The minimum Gasteiger partial charge on any atom is -0.379 e. The van der Waals surface area contributed by atoms with E-state index >= 15 is 0 Å². The van der Waals surface area contributed by atoms with Crippen LogP contribution in [-0.4, -0.2) is 76.0 Å². The van der Waals surface area contributed by atoms with Crippen molar-refractivity contribution < 1.29 is 17.9 Å². The summed E-state index contributed by atoms with van der Waals surface area (Å²) in [6.45, 7) is 7.61. The molecule has 1 N–H and O–H groups in total. The second-order valence-corrected chi connectivity index (χ2v) is 10.0. The van der Waals surface area contributed by atoms with Crippen LogP contribution in [0.25, 0.3) is 0 Å². The number of nitrogens with one attached hydrogen (secondary N) is 1. The average molecular weight is 448 g/mol. The molecule has 0 spiro atoms. The molecule has 0 bridgehead atoms. The minimum absolute atomic E-state index is 0.0864. The number of rotatable bonds is 6. The van der Waals surface area contributed by atoms with Gasteiger partial charge in [0.2, 0.25) is 10.0 Å². The topological polar surface area (TPSA) is 79.0 Å². The third-order valence-corrected chi connectivity index (χ3v) is 7.01. The van der Waals surface area contributed by atoms with Crippen molar-refractivity contribution in [3.63, 3.8) is 0 Å². The highest BCUT2D eigenvalue weighted by molar-refractivity contribution is 9.10. The van der Waals surface area contributed by atoms with Gasteiger partial charge in [0.25, 0.3) is 5.91 Å². The highest BCUT2D eigenvalue weighted by atomic mass is 79.9. The van der Waals surface area contributed by atoms with E-state index in [1.807, 2.05) is 0 Å². The van der Waals surface area contributed by atoms with Gasteiger partial charge in [0.1, 0.15) is 0 Å². The van der Waals surface area contributed by atoms with Crippen LogP contribution in [0.3, 0.4) is 0 Å². The number of carbonyl (C=O) groups excluding carboxylic acids is 1. The highest BCUT2D eigenvalue weighted by Crippen LogP contribution is 2.23. The molecule has 0 aliphatic carbocycles. The molecule has 1 aromatic carbocycles. The Labute approximate surface area is 163 Å². The van der Waals surface area contributed by atoms with E-state index in [1.54, 1.807) is 6.07 Å². The van der Waals surface area contributed by atoms with Gasteiger partial charge in [-0.1, -0.05) is 0 Å². The largest absolute Gasteiger partial charge is 0.379 e. The molecule has 7 nitrogen and oxygen atoms in total. The van der Waals surface area contributed by atoms with Gasteiger partial charge < -0.3 is 10.1 Å². The first-order valence-electron chi connectivity index (χ1n) is 8.39. The number of amides is 1. The van der Waals surface area contributed by atoms with Crippen LogP contribution >= 0.6 is 15.9 Å². The van der Waals surface area contributed by atoms with E-state index in [2.05, 4.69) is 40.0 Å². The molecule has 0 saturated carbocycles. The molecule has 146 valence electrons. The van der Waals surface area contributed by atoms with Crippen LogP contribution < -0.4 is 5.32 Å². The summed E-state index contributed by atoms with van der Waals surface area (Å²) >= 11 is 3.34. The summed E-state index contributed by atoms with van der Waals surface area (Å²) in [5.74, 6) is -0.311. The molecule has 1 aliphatic rings. The maximum atomic E-state index is 12.7. The van der Waals surface area contributed by atoms with Crippen molar-refractivity contribution in [1.82, 2.24) is 14.5 Å². The molecule has 1 aliphatic heterocycles. The number of benzene rings is 1. The Kier molecular flexibility index (Phi) is 6.84. The van der Waals surface area contributed by atoms with Crippen LogP contribution in [0.2, 0.25) is 0 Å². The fourth-order valence-electron chi connectivity index (χ4n) is 2.72. The van der Waals surface area contributed by atoms with Gasteiger partial charge in [-0.2, -0.15) is 0 Å². The molecule has 1 aromatic rings. The van der Waals surface area contributed by atoms with Gasteiger partial charge in [0.05, 0.1) is 23.7 Å². The molecule has 1 heterocycles. The summed E-state index contributed by atoms with van der Waals surface area (Å²) in [6.07, 6.45) is 0. The molecule has 0 unspecified atom stereocenters. The first-order valence-corrected chi connectivity index (χ1v) is 10.6. The van der Waals surface area contributed by atoms with Crippen LogP contribution in [0, 0.1) is 0 Å². The number of hydrogen-bond acceptors (Lipinski definition) is 5. The second-order valence-electron chi connectivity index (χ2n) is 7.02. The van der Waals surface area contributed by atoms with E-state index in [4.69, 9.17) is 4.74 Å². The van der Waals surface area contributed by atoms with Gasteiger partial charge in [-0.3, -0.25) is 9.69 Å². The number of carbonyl (C=O) groups is 1. The van der Waals surface area contributed by atoms with E-state index in [9.17, 15) is 13.2 Å². The zero-order chi connectivity index (χ0) is 19.5. The zero-order valence-electron chi connectivity index (χ0n) is 15.6. The third-order valence-electron chi connectivity index (χ3n) is 4.51. The second kappa shape index (κ2) is 8.35. The number of ether oxygens (including phenoxy) is 1. The van der Waals surface area contributed by atoms with Gasteiger partial charge >= 0.3 is 0 Å². The molecule has 0 atom stereocenters. The van der Waals surface area contributed by atoms with Crippen molar-refractivity contribution in [2.75, 3.05) is 46.9 Å². The summed E-state index contributed by atoms with van der Waals surface area (Å²) in [6, 6.07) is 4.46. The molecule has 26 heavy (non-hydrogen) atoms. The quantitative estimate of drug-likeness (QED) is 0.715. The van der Waals surface area contributed by atoms with Crippen LogP contribution in [0.1, 0.15) is 24.2 Å². The Hall–Kier alpha value is -1.00. The Balaban J connectivity index is 2.14. The third kappa shape index (κ3) is 4.83. The SMILES string of the molecule is CN(C)S(=O)(=O)c1ccc(Br)c(C(=O)NCC(C)(C)N2CCOCC2)c1. The van der Waals surface area contributed by atoms with Crippen molar-refractivity contribution >= 4 is 31.9 Å². The summed E-state index contributed by atoms with van der Waals surface area (Å²) < 4.78 is 31.7. The van der Waals surface area contributed by atoms with Gasteiger partial charge in [0.15, 0.2) is 0 Å². The van der Waals surface area contributed by atoms with Crippen LogP contribution in [0.4, 0.5) is 0 Å². The van der Waals surface area contributed by atoms with E-state index in [1.165, 1.54) is 26.2 Å². The lowest BCUT2D eigenvalue weighted by Crippen LogP contribution is -2.55. The predicted molar refractivity (Wildman–Crippen MR) is 104 cm³/mol. The van der Waals surface area contributed by atoms with Crippen LogP contribution in [0.15, 0.2) is 27.6 Å². The fraction of sp³-hybridized carbons (Fsp3) is 0.588. The van der Waals surface area contributed by atoms with Gasteiger partial charge in [-0.25, -0.2) is 12.7 Å². The summed E-state index contributed by atoms with van der Waals surface area (Å²) in [5.41, 5.74) is 0.0740.